The third-order valence-electron chi connectivity index (χ3n) is 4.42. The Morgan fingerprint density at radius 2 is 1.00 bits per heavy atom. The van der Waals surface area contributed by atoms with Gasteiger partial charge >= 0.3 is 5.09 Å². The Morgan fingerprint density at radius 1 is 0.708 bits per heavy atom. The monoisotopic (exact) mass is 344 g/mol. The van der Waals surface area contributed by atoms with Gasteiger partial charge in [-0.15, -0.1) is 0 Å². The number of nitrogens with zero attached hydrogens (tertiary/aromatic N) is 1. The maximum absolute atomic E-state index is 11.9. The van der Waals surface area contributed by atoms with Crippen LogP contribution in [0.15, 0.2) is 0 Å². The molecule has 0 aliphatic heterocycles. The van der Waals surface area contributed by atoms with Gasteiger partial charge in [0.15, 0.2) is 13.2 Å². The molecule has 0 aliphatic rings. The average Bonchev–Trinajstić information content (AvgIpc) is 2.36. The smallest absolute Gasteiger partial charge is 0.186 e. The molecule has 24 heavy (non-hydrogen) atoms. The zero-order chi connectivity index (χ0) is 19.1. The van der Waals surface area contributed by atoms with Gasteiger partial charge in [0.25, 0.3) is 0 Å². The van der Waals surface area contributed by atoms with E-state index in [1.165, 1.54) is 0 Å². The molecule has 144 valence electrons. The Bertz CT molecular complexity index is 330. The fraction of sp³-hybridized carbons (Fsp3) is 1.00. The molecule has 0 aromatic heterocycles. The van der Waals surface area contributed by atoms with E-state index in [4.69, 9.17) is 9.68 Å². The standard InChI is InChI=1S/C20H42NO3/c1-15(2)17(11-19(5,6)7)13-23-21(22)24-14-18(16(3)4)12-20(8,9)10/h15-18H,11-14H2,1-10H3/q+1. The Kier molecular flexibility index (Phi) is 9.30. The third-order valence-corrected chi connectivity index (χ3v) is 4.42. The molecule has 0 aromatic carbocycles. The molecular weight excluding hydrogens is 302 g/mol. The molecule has 0 aromatic rings. The minimum absolute atomic E-state index is 0.225. The second-order valence-corrected chi connectivity index (χ2v) is 10.4. The predicted octanol–water partition coefficient (Wildman–Crippen LogP) is 6.05. The summed E-state index contributed by atoms with van der Waals surface area (Å²) in [6, 6.07) is 0. The summed E-state index contributed by atoms with van der Waals surface area (Å²) in [7, 11) is 0. The largest absolute Gasteiger partial charge is 0.477 e. The van der Waals surface area contributed by atoms with Crippen molar-refractivity contribution in [3.63, 3.8) is 0 Å². The topological polar surface area (TPSA) is 38.5 Å². The molecule has 0 fully saturated rings. The molecule has 0 rings (SSSR count). The lowest BCUT2D eigenvalue weighted by atomic mass is 9.80. The lowest BCUT2D eigenvalue weighted by molar-refractivity contribution is -0.983. The summed E-state index contributed by atoms with van der Waals surface area (Å²) < 4.78 is 0. The lowest BCUT2D eigenvalue weighted by Gasteiger charge is -2.27. The van der Waals surface area contributed by atoms with Crippen LogP contribution in [0.25, 0.3) is 0 Å². The maximum atomic E-state index is 11.9. The molecule has 0 radical (unpaired) electrons. The van der Waals surface area contributed by atoms with E-state index in [-0.39, 0.29) is 10.8 Å². The second-order valence-electron chi connectivity index (χ2n) is 10.4. The summed E-state index contributed by atoms with van der Waals surface area (Å²) >= 11 is 0. The quantitative estimate of drug-likeness (QED) is 0.453. The van der Waals surface area contributed by atoms with Gasteiger partial charge in [-0.25, -0.2) is 0 Å². The van der Waals surface area contributed by atoms with Gasteiger partial charge in [0, 0.05) is 11.8 Å². The molecule has 0 saturated carbocycles. The first-order valence-electron chi connectivity index (χ1n) is 9.44. The Labute approximate surface area is 150 Å². The van der Waals surface area contributed by atoms with Crippen LogP contribution in [0.4, 0.5) is 0 Å². The first-order chi connectivity index (χ1) is 10.7. The van der Waals surface area contributed by atoms with E-state index < -0.39 is 0 Å². The van der Waals surface area contributed by atoms with Crippen molar-refractivity contribution in [2.75, 3.05) is 13.2 Å². The molecule has 2 atom stereocenters. The molecule has 2 unspecified atom stereocenters. The van der Waals surface area contributed by atoms with Crippen molar-refractivity contribution in [2.24, 2.45) is 34.5 Å². The molecule has 0 saturated heterocycles. The van der Waals surface area contributed by atoms with Crippen molar-refractivity contribution in [1.82, 2.24) is 0 Å². The van der Waals surface area contributed by atoms with Crippen LogP contribution in [-0.4, -0.2) is 18.3 Å². The van der Waals surface area contributed by atoms with Gasteiger partial charge in [-0.2, -0.15) is 9.68 Å². The van der Waals surface area contributed by atoms with Gasteiger partial charge in [0.1, 0.15) is 4.91 Å². The predicted molar refractivity (Wildman–Crippen MR) is 100 cm³/mol. The molecule has 0 N–H and O–H groups in total. The summed E-state index contributed by atoms with van der Waals surface area (Å²) in [5.41, 5.74) is 0.449. The van der Waals surface area contributed by atoms with Crippen molar-refractivity contribution >= 4 is 0 Å². The highest BCUT2D eigenvalue weighted by Crippen LogP contribution is 2.30. The van der Waals surface area contributed by atoms with Crippen molar-refractivity contribution < 1.29 is 14.8 Å². The summed E-state index contributed by atoms with van der Waals surface area (Å²) in [4.78, 5) is 22.6. The van der Waals surface area contributed by atoms with Gasteiger partial charge in [0.2, 0.25) is 0 Å². The first kappa shape index (κ1) is 23.2. The van der Waals surface area contributed by atoms with Crippen molar-refractivity contribution in [3.05, 3.63) is 4.91 Å². The molecule has 0 heterocycles. The average molecular weight is 345 g/mol. The minimum Gasteiger partial charge on any atom is -0.186 e. The van der Waals surface area contributed by atoms with E-state index in [1.54, 1.807) is 0 Å². The van der Waals surface area contributed by atoms with Gasteiger partial charge in [-0.05, 0) is 35.5 Å². The minimum atomic E-state index is 0.225. The molecule has 0 bridgehead atoms. The van der Waals surface area contributed by atoms with Crippen LogP contribution in [0.2, 0.25) is 0 Å². The van der Waals surface area contributed by atoms with Gasteiger partial charge in [-0.3, -0.25) is 0 Å². The second kappa shape index (κ2) is 9.62. The SMILES string of the molecule is CC(C)C(CO[N+](=O)OCC(CC(C)(C)C)C(C)C)CC(C)(C)C. The molecule has 0 aliphatic carbocycles. The van der Waals surface area contributed by atoms with Crippen molar-refractivity contribution in [2.45, 2.75) is 82.1 Å². The summed E-state index contributed by atoms with van der Waals surface area (Å²) in [6.45, 7) is 22.8. The van der Waals surface area contributed by atoms with Crippen molar-refractivity contribution in [1.29, 1.82) is 0 Å². The zero-order valence-electron chi connectivity index (χ0n) is 17.8. The third kappa shape index (κ3) is 11.7. The van der Waals surface area contributed by atoms with Crippen LogP contribution in [0.1, 0.15) is 82.1 Å². The fourth-order valence-corrected chi connectivity index (χ4v) is 2.90. The van der Waals surface area contributed by atoms with E-state index in [1.807, 2.05) is 0 Å². The van der Waals surface area contributed by atoms with Gasteiger partial charge < -0.3 is 0 Å². The van der Waals surface area contributed by atoms with E-state index in [0.29, 0.717) is 42.0 Å². The van der Waals surface area contributed by atoms with Crippen LogP contribution in [-0.2, 0) is 9.68 Å². The zero-order valence-corrected chi connectivity index (χ0v) is 17.8. The number of hydrogen-bond acceptors (Lipinski definition) is 3. The van der Waals surface area contributed by atoms with Crippen LogP contribution in [0.3, 0.4) is 0 Å². The summed E-state index contributed by atoms with van der Waals surface area (Å²) in [5.74, 6) is 1.64. The van der Waals surface area contributed by atoms with Crippen LogP contribution in [0.5, 0.6) is 0 Å². The van der Waals surface area contributed by atoms with E-state index in [2.05, 4.69) is 69.2 Å². The van der Waals surface area contributed by atoms with Crippen LogP contribution >= 0.6 is 0 Å². The molecule has 4 heteroatoms. The Morgan fingerprint density at radius 3 is 1.21 bits per heavy atom. The van der Waals surface area contributed by atoms with Crippen molar-refractivity contribution in [3.8, 4) is 0 Å². The van der Waals surface area contributed by atoms with Gasteiger partial charge in [0.05, 0.1) is 0 Å². The van der Waals surface area contributed by atoms with E-state index in [9.17, 15) is 4.91 Å². The maximum Gasteiger partial charge on any atom is 0.477 e. The number of hydrogen-bond donors (Lipinski definition) is 0. The Hall–Kier alpha value is -0.800. The van der Waals surface area contributed by atoms with Gasteiger partial charge in [-0.1, -0.05) is 69.2 Å². The highest BCUT2D eigenvalue weighted by Gasteiger charge is 2.28. The first-order valence-corrected chi connectivity index (χ1v) is 9.44. The summed E-state index contributed by atoms with van der Waals surface area (Å²) in [5, 5.41) is 0.329. The Balaban J connectivity index is 4.41. The van der Waals surface area contributed by atoms with Crippen LogP contribution in [0, 0.1) is 39.4 Å². The molecular formula is C20H42NO3+. The molecule has 4 nitrogen and oxygen atoms in total. The highest BCUT2D eigenvalue weighted by molar-refractivity contribution is 4.72. The lowest BCUT2D eigenvalue weighted by Crippen LogP contribution is -2.27. The van der Waals surface area contributed by atoms with E-state index >= 15 is 0 Å². The van der Waals surface area contributed by atoms with E-state index in [0.717, 1.165) is 12.8 Å². The fourth-order valence-electron chi connectivity index (χ4n) is 2.90. The number of rotatable bonds is 10. The normalized spacial score (nSPS) is 15.5. The highest BCUT2D eigenvalue weighted by atomic mass is 17.0. The summed E-state index contributed by atoms with van der Waals surface area (Å²) in [6.07, 6.45) is 2.05. The molecule has 0 spiro atoms. The molecule has 0 amide bonds. The van der Waals surface area contributed by atoms with Crippen LogP contribution < -0.4 is 0 Å².